The average molecular weight is 587 g/mol. The minimum atomic E-state index is 1.32. The largest absolute Gasteiger partial charge is 0.0610 e. The Kier molecular flexibility index (Phi) is 4.95. The Morgan fingerprint density at radius 2 is 0.500 bits per heavy atom. The van der Waals surface area contributed by atoms with Crippen LogP contribution in [-0.4, -0.2) is 0 Å². The first kappa shape index (κ1) is 26.1. The molecule has 0 aliphatic rings. The molecule has 46 heavy (non-hydrogen) atoms. The van der Waals surface area contributed by atoms with E-state index in [2.05, 4.69) is 139 Å². The lowest BCUT2D eigenvalue weighted by atomic mass is 9.88. The van der Waals surface area contributed by atoms with Gasteiger partial charge >= 0.3 is 0 Å². The summed E-state index contributed by atoms with van der Waals surface area (Å²) in [6, 6.07) is 37.6. The van der Waals surface area contributed by atoms with Crippen molar-refractivity contribution in [1.29, 1.82) is 0 Å². The molecule has 0 heterocycles. The molecule has 0 bridgehead atoms. The first-order valence-electron chi connectivity index (χ1n) is 16.5. The SMILES string of the molecule is Cc1cc(C)c(-c2c3cccc4c5cccc6c(-c7c(C)cc(C)cc7C)c7cccc8c9cccc2c9c(c78)c(c34)c65)c(C)c1. The number of benzene rings is 6. The fraction of sp³-hybridized carbons (Fsp3) is 0.130. The van der Waals surface area contributed by atoms with Gasteiger partial charge in [-0.05, 0) is 161 Å². The molecule has 0 unspecified atom stereocenters. The summed E-state index contributed by atoms with van der Waals surface area (Å²) in [5.41, 5.74) is 13.5. The van der Waals surface area contributed by atoms with Crippen LogP contribution in [0.2, 0.25) is 0 Å². The lowest BCUT2D eigenvalue weighted by molar-refractivity contribution is 1.33. The van der Waals surface area contributed by atoms with E-state index in [0.29, 0.717) is 0 Å². The molecule has 10 aromatic carbocycles. The minimum absolute atomic E-state index is 1.32. The van der Waals surface area contributed by atoms with Crippen molar-refractivity contribution < 1.29 is 0 Å². The molecule has 0 fully saturated rings. The number of hydrogen-bond acceptors (Lipinski definition) is 0. The molecule has 218 valence electrons. The van der Waals surface area contributed by atoms with Gasteiger partial charge < -0.3 is 0 Å². The molecule has 0 aliphatic carbocycles. The van der Waals surface area contributed by atoms with E-state index in [1.165, 1.54) is 131 Å². The summed E-state index contributed by atoms with van der Waals surface area (Å²) in [5.74, 6) is 0. The molecule has 10 rings (SSSR count). The van der Waals surface area contributed by atoms with Crippen LogP contribution in [0, 0.1) is 41.5 Å². The van der Waals surface area contributed by atoms with Gasteiger partial charge in [0.15, 0.2) is 0 Å². The van der Waals surface area contributed by atoms with E-state index < -0.39 is 0 Å². The summed E-state index contributed by atoms with van der Waals surface area (Å²) >= 11 is 0. The predicted octanol–water partition coefficient (Wildman–Crippen LogP) is 13.3. The molecule has 0 saturated carbocycles. The summed E-state index contributed by atoms with van der Waals surface area (Å²) in [6.07, 6.45) is 0. The minimum Gasteiger partial charge on any atom is -0.0610 e. The van der Waals surface area contributed by atoms with Gasteiger partial charge in [0.05, 0.1) is 0 Å². The maximum absolute atomic E-state index is 2.39. The van der Waals surface area contributed by atoms with Crippen LogP contribution >= 0.6 is 0 Å². The Bertz CT molecular complexity index is 2520. The molecule has 0 atom stereocenters. The Balaban J connectivity index is 1.62. The maximum Gasteiger partial charge on any atom is -0.0000929 e. The average Bonchev–Trinajstić information content (AvgIpc) is 3.45. The van der Waals surface area contributed by atoms with Crippen molar-refractivity contribution in [2.45, 2.75) is 41.5 Å². The van der Waals surface area contributed by atoms with Crippen molar-refractivity contribution >= 4 is 75.4 Å². The van der Waals surface area contributed by atoms with E-state index in [1.807, 2.05) is 0 Å². The normalized spacial score (nSPS) is 12.6. The van der Waals surface area contributed by atoms with Crippen molar-refractivity contribution in [1.82, 2.24) is 0 Å². The fourth-order valence-electron chi connectivity index (χ4n) is 9.75. The summed E-state index contributed by atoms with van der Waals surface area (Å²) < 4.78 is 0. The Hall–Kier alpha value is -5.20. The van der Waals surface area contributed by atoms with Gasteiger partial charge in [0.2, 0.25) is 0 Å². The molecule has 0 radical (unpaired) electrons. The van der Waals surface area contributed by atoms with Crippen LogP contribution in [0.4, 0.5) is 0 Å². The third-order valence-corrected chi connectivity index (χ3v) is 11.0. The van der Waals surface area contributed by atoms with Gasteiger partial charge in [0.25, 0.3) is 0 Å². The Morgan fingerprint density at radius 3 is 0.761 bits per heavy atom. The second kappa shape index (κ2) is 8.74. The molecule has 0 saturated heterocycles. The monoisotopic (exact) mass is 586 g/mol. The second-order valence-electron chi connectivity index (χ2n) is 14.0. The van der Waals surface area contributed by atoms with E-state index in [9.17, 15) is 0 Å². The van der Waals surface area contributed by atoms with E-state index in [1.54, 1.807) is 0 Å². The zero-order valence-electron chi connectivity index (χ0n) is 27.2. The highest BCUT2D eigenvalue weighted by molar-refractivity contribution is 6.51. The van der Waals surface area contributed by atoms with Crippen LogP contribution in [0.15, 0.2) is 97.1 Å². The topological polar surface area (TPSA) is 0 Å². The van der Waals surface area contributed by atoms with Gasteiger partial charge in [-0.25, -0.2) is 0 Å². The van der Waals surface area contributed by atoms with Crippen molar-refractivity contribution in [3.63, 3.8) is 0 Å². The zero-order chi connectivity index (χ0) is 31.2. The molecule has 0 heteroatoms. The number of hydrogen-bond donors (Lipinski definition) is 0. The van der Waals surface area contributed by atoms with E-state index in [4.69, 9.17) is 0 Å². The van der Waals surface area contributed by atoms with E-state index >= 15 is 0 Å². The summed E-state index contributed by atoms with van der Waals surface area (Å²) in [4.78, 5) is 0. The molecule has 0 spiro atoms. The summed E-state index contributed by atoms with van der Waals surface area (Å²) in [7, 11) is 0. The van der Waals surface area contributed by atoms with Crippen molar-refractivity contribution in [3.05, 3.63) is 130 Å². The molecule has 0 amide bonds. The lowest BCUT2D eigenvalue weighted by Gasteiger charge is -2.15. The van der Waals surface area contributed by atoms with Crippen LogP contribution in [0.5, 0.6) is 0 Å². The van der Waals surface area contributed by atoms with Gasteiger partial charge in [0, 0.05) is 0 Å². The molecule has 0 nitrogen and oxygen atoms in total. The highest BCUT2D eigenvalue weighted by Crippen LogP contribution is 2.56. The van der Waals surface area contributed by atoms with Gasteiger partial charge in [-0.2, -0.15) is 0 Å². The van der Waals surface area contributed by atoms with Gasteiger partial charge in [-0.3, -0.25) is 0 Å². The molecule has 0 N–H and O–H groups in total. The predicted molar refractivity (Wildman–Crippen MR) is 202 cm³/mol. The molecular weight excluding hydrogens is 553 g/mol. The number of rotatable bonds is 2. The summed E-state index contributed by atoms with van der Waals surface area (Å²) in [5, 5.41) is 19.3. The Labute approximate surface area is 268 Å². The van der Waals surface area contributed by atoms with Gasteiger partial charge in [-0.15, -0.1) is 0 Å². The number of fused-ring (bicyclic) bond motifs is 2. The molecular formula is C46H34. The number of aryl methyl sites for hydroxylation is 6. The quantitative estimate of drug-likeness (QED) is 0.189. The van der Waals surface area contributed by atoms with Crippen LogP contribution in [0.1, 0.15) is 33.4 Å². The van der Waals surface area contributed by atoms with Gasteiger partial charge in [-0.1, -0.05) is 108 Å². The Morgan fingerprint density at radius 1 is 0.261 bits per heavy atom. The van der Waals surface area contributed by atoms with Crippen molar-refractivity contribution in [3.8, 4) is 22.3 Å². The first-order chi connectivity index (χ1) is 22.3. The third-order valence-electron chi connectivity index (χ3n) is 11.0. The van der Waals surface area contributed by atoms with Gasteiger partial charge in [0.1, 0.15) is 0 Å². The van der Waals surface area contributed by atoms with E-state index in [0.717, 1.165) is 0 Å². The third kappa shape index (κ3) is 3.05. The standard InChI is InChI=1S/C46H34/c1-23-19-25(3)37(26(4)20-23)43-33-15-7-11-29-31-13-9-17-35-41(31)45(39(29)33)46-40-30(12-8-16-34(40)43)32-14-10-18-36(42(32)46)44(35)38-27(5)21-24(2)22-28(38)6/h7-22H,1-6H3. The second-order valence-corrected chi connectivity index (χ2v) is 14.0. The highest BCUT2D eigenvalue weighted by atomic mass is 14.3. The van der Waals surface area contributed by atoms with Crippen LogP contribution in [0.3, 0.4) is 0 Å². The van der Waals surface area contributed by atoms with Crippen LogP contribution < -0.4 is 0 Å². The smallest absolute Gasteiger partial charge is 0.0000929 e. The summed E-state index contributed by atoms with van der Waals surface area (Å²) in [6.45, 7) is 13.6. The van der Waals surface area contributed by atoms with Crippen molar-refractivity contribution in [2.24, 2.45) is 0 Å². The maximum atomic E-state index is 2.39. The molecule has 0 aromatic heterocycles. The lowest BCUT2D eigenvalue weighted by Crippen LogP contribution is -1.91. The van der Waals surface area contributed by atoms with E-state index in [-0.39, 0.29) is 0 Å². The zero-order valence-corrected chi connectivity index (χ0v) is 27.2. The first-order valence-corrected chi connectivity index (χ1v) is 16.5. The highest BCUT2D eigenvalue weighted by Gasteiger charge is 2.28. The van der Waals surface area contributed by atoms with Crippen molar-refractivity contribution in [2.75, 3.05) is 0 Å². The molecule has 10 aromatic rings. The fourth-order valence-corrected chi connectivity index (χ4v) is 9.75. The molecule has 0 aliphatic heterocycles. The van der Waals surface area contributed by atoms with Crippen LogP contribution in [-0.2, 0) is 0 Å². The van der Waals surface area contributed by atoms with Crippen LogP contribution in [0.25, 0.3) is 97.7 Å².